The van der Waals surface area contributed by atoms with Crippen molar-refractivity contribution < 1.29 is 9.90 Å². The zero-order valence-corrected chi connectivity index (χ0v) is 11.1. The van der Waals surface area contributed by atoms with Gasteiger partial charge in [0.1, 0.15) is 5.82 Å². The summed E-state index contributed by atoms with van der Waals surface area (Å²) in [5.41, 5.74) is -0.918. The van der Waals surface area contributed by atoms with Gasteiger partial charge in [0.25, 0.3) is 5.91 Å². The van der Waals surface area contributed by atoms with Crippen molar-refractivity contribution in [2.75, 3.05) is 18.6 Å². The number of amides is 1. The Hall–Kier alpha value is -1.08. The third-order valence-corrected chi connectivity index (χ3v) is 3.07. The smallest absolute Gasteiger partial charge is 0.291 e. The molecule has 0 aliphatic carbocycles. The third-order valence-electron chi connectivity index (χ3n) is 2.15. The van der Waals surface area contributed by atoms with E-state index in [0.717, 1.165) is 0 Å². The van der Waals surface area contributed by atoms with E-state index in [9.17, 15) is 9.90 Å². The number of rotatable bonds is 6. The largest absolute Gasteiger partial charge is 0.387 e. The number of hydrogen-bond acceptors (Lipinski definition) is 5. The normalized spacial score (nSPS) is 14.4. The molecule has 1 atom stereocenters. The van der Waals surface area contributed by atoms with Crippen molar-refractivity contribution in [1.29, 1.82) is 0 Å². The second-order valence-corrected chi connectivity index (χ2v) is 4.94. The summed E-state index contributed by atoms with van der Waals surface area (Å²) >= 11 is 1.53. The van der Waals surface area contributed by atoms with Gasteiger partial charge < -0.3 is 10.4 Å². The van der Waals surface area contributed by atoms with Gasteiger partial charge in [-0.25, -0.2) is 4.98 Å². The predicted molar refractivity (Wildman–Crippen MR) is 67.1 cm³/mol. The summed E-state index contributed by atoms with van der Waals surface area (Å²) in [6.07, 6.45) is 2.60. The number of carbonyl (C=O) groups excluding carboxylic acids is 1. The van der Waals surface area contributed by atoms with Crippen molar-refractivity contribution in [3.05, 3.63) is 11.6 Å². The van der Waals surface area contributed by atoms with Gasteiger partial charge in [0, 0.05) is 18.7 Å². The highest BCUT2D eigenvalue weighted by molar-refractivity contribution is 7.98. The summed E-state index contributed by atoms with van der Waals surface area (Å²) in [5, 5.41) is 19.0. The van der Waals surface area contributed by atoms with Crippen molar-refractivity contribution in [3.63, 3.8) is 0 Å². The first-order chi connectivity index (χ1) is 7.98. The lowest BCUT2D eigenvalue weighted by atomic mass is 10.1. The summed E-state index contributed by atoms with van der Waals surface area (Å²) in [6, 6.07) is 0. The van der Waals surface area contributed by atoms with Gasteiger partial charge in [-0.2, -0.15) is 11.8 Å². The van der Waals surface area contributed by atoms with Gasteiger partial charge in [-0.15, -0.1) is 5.10 Å². The average Bonchev–Trinajstić information content (AvgIpc) is 2.74. The lowest BCUT2D eigenvalue weighted by Gasteiger charge is -2.21. The highest BCUT2D eigenvalue weighted by Crippen LogP contribution is 2.09. The molecular weight excluding hydrogens is 240 g/mol. The Morgan fingerprint density at radius 3 is 2.88 bits per heavy atom. The van der Waals surface area contributed by atoms with Crippen molar-refractivity contribution in [2.45, 2.75) is 25.9 Å². The molecule has 1 amide bonds. The van der Waals surface area contributed by atoms with E-state index >= 15 is 0 Å². The fourth-order valence-corrected chi connectivity index (χ4v) is 1.99. The molecule has 0 saturated heterocycles. The molecule has 3 N–H and O–H groups in total. The minimum absolute atomic E-state index is 0.113. The zero-order chi connectivity index (χ0) is 12.9. The van der Waals surface area contributed by atoms with Gasteiger partial charge in [-0.1, -0.05) is 6.92 Å². The highest BCUT2D eigenvalue weighted by Gasteiger charge is 2.21. The number of aromatic nitrogens is 3. The molecule has 0 radical (unpaired) electrons. The second-order valence-electron chi connectivity index (χ2n) is 4.07. The van der Waals surface area contributed by atoms with Crippen LogP contribution in [0.25, 0.3) is 0 Å². The molecule has 0 spiro atoms. The van der Waals surface area contributed by atoms with E-state index in [1.54, 1.807) is 6.92 Å². The molecule has 0 bridgehead atoms. The summed E-state index contributed by atoms with van der Waals surface area (Å²) in [6.45, 7) is 3.79. The molecule has 1 aromatic rings. The quantitative estimate of drug-likeness (QED) is 0.678. The van der Waals surface area contributed by atoms with Gasteiger partial charge in [-0.3, -0.25) is 9.89 Å². The number of aliphatic hydroxyl groups is 1. The van der Waals surface area contributed by atoms with E-state index in [1.807, 2.05) is 13.2 Å². The summed E-state index contributed by atoms with van der Waals surface area (Å²) < 4.78 is 0. The molecule has 17 heavy (non-hydrogen) atoms. The lowest BCUT2D eigenvalue weighted by molar-refractivity contribution is 0.0719. The third kappa shape index (κ3) is 4.35. The highest BCUT2D eigenvalue weighted by atomic mass is 32.2. The zero-order valence-electron chi connectivity index (χ0n) is 10.3. The number of aromatic amines is 1. The van der Waals surface area contributed by atoms with Crippen LogP contribution in [0, 0.1) is 0 Å². The Morgan fingerprint density at radius 1 is 1.65 bits per heavy atom. The van der Waals surface area contributed by atoms with Crippen LogP contribution in [0.2, 0.25) is 0 Å². The summed E-state index contributed by atoms with van der Waals surface area (Å²) in [7, 11) is 0. The first kappa shape index (κ1) is 14.0. The Morgan fingerprint density at radius 2 is 2.35 bits per heavy atom. The van der Waals surface area contributed by atoms with Gasteiger partial charge in [0.2, 0.25) is 5.82 Å². The number of hydrogen-bond donors (Lipinski definition) is 3. The van der Waals surface area contributed by atoms with E-state index in [4.69, 9.17) is 0 Å². The number of carbonyl (C=O) groups is 1. The van der Waals surface area contributed by atoms with Crippen LogP contribution in [-0.2, 0) is 6.42 Å². The van der Waals surface area contributed by atoms with Crippen LogP contribution < -0.4 is 5.32 Å². The molecule has 6 nitrogen and oxygen atoms in total. The van der Waals surface area contributed by atoms with Crippen molar-refractivity contribution in [3.8, 4) is 0 Å². The van der Waals surface area contributed by atoms with Crippen LogP contribution in [0.3, 0.4) is 0 Å². The van der Waals surface area contributed by atoms with Crippen LogP contribution >= 0.6 is 11.8 Å². The molecule has 0 aromatic carbocycles. The Balaban J connectivity index is 2.49. The van der Waals surface area contributed by atoms with E-state index < -0.39 is 5.60 Å². The number of thioether (sulfide) groups is 1. The van der Waals surface area contributed by atoms with Crippen LogP contribution in [0.5, 0.6) is 0 Å². The fraction of sp³-hybridized carbons (Fsp3) is 0.700. The van der Waals surface area contributed by atoms with E-state index in [1.165, 1.54) is 11.8 Å². The number of nitrogens with one attached hydrogen (secondary N) is 2. The number of aryl methyl sites for hydroxylation is 1. The predicted octanol–water partition coefficient (Wildman–Crippen LogP) is 0.211. The lowest BCUT2D eigenvalue weighted by Crippen LogP contribution is -2.42. The summed E-state index contributed by atoms with van der Waals surface area (Å²) in [5.74, 6) is 0.969. The molecule has 1 rings (SSSR count). The fourth-order valence-electron chi connectivity index (χ4n) is 1.27. The van der Waals surface area contributed by atoms with Crippen LogP contribution in [0.15, 0.2) is 0 Å². The minimum atomic E-state index is -0.918. The number of H-pyrrole nitrogens is 1. The molecule has 7 heteroatoms. The Kier molecular flexibility index (Phi) is 4.95. The first-order valence-corrected chi connectivity index (χ1v) is 6.78. The summed E-state index contributed by atoms with van der Waals surface area (Å²) in [4.78, 5) is 15.7. The van der Waals surface area contributed by atoms with Crippen molar-refractivity contribution in [1.82, 2.24) is 20.5 Å². The Bertz CT molecular complexity index is 378. The molecular formula is C10H18N4O2S. The maximum Gasteiger partial charge on any atom is 0.291 e. The maximum absolute atomic E-state index is 11.7. The average molecular weight is 258 g/mol. The van der Waals surface area contributed by atoms with Gasteiger partial charge in [0.15, 0.2) is 0 Å². The van der Waals surface area contributed by atoms with E-state index in [2.05, 4.69) is 20.5 Å². The molecule has 1 unspecified atom stereocenters. The molecule has 96 valence electrons. The SMILES string of the molecule is CCc1nc(C(=O)NCC(C)(O)CSC)n[nH]1. The van der Waals surface area contributed by atoms with E-state index in [-0.39, 0.29) is 18.3 Å². The number of nitrogens with zero attached hydrogens (tertiary/aromatic N) is 2. The molecule has 1 heterocycles. The standard InChI is InChI=1S/C10H18N4O2S/c1-4-7-12-8(14-13-7)9(15)11-5-10(2,16)6-17-3/h16H,4-6H2,1-3H3,(H,11,15)(H,12,13,14). The second kappa shape index (κ2) is 6.02. The van der Waals surface area contributed by atoms with Crippen LogP contribution in [0.1, 0.15) is 30.3 Å². The van der Waals surface area contributed by atoms with Crippen LogP contribution in [-0.4, -0.2) is 50.3 Å². The molecule has 0 aliphatic rings. The topological polar surface area (TPSA) is 90.9 Å². The Labute approximate surface area is 105 Å². The minimum Gasteiger partial charge on any atom is -0.387 e. The van der Waals surface area contributed by atoms with Gasteiger partial charge >= 0.3 is 0 Å². The van der Waals surface area contributed by atoms with Crippen molar-refractivity contribution >= 4 is 17.7 Å². The first-order valence-electron chi connectivity index (χ1n) is 5.39. The molecule has 0 saturated carbocycles. The monoisotopic (exact) mass is 258 g/mol. The van der Waals surface area contributed by atoms with Gasteiger partial charge in [-0.05, 0) is 13.2 Å². The molecule has 0 aliphatic heterocycles. The van der Waals surface area contributed by atoms with Crippen molar-refractivity contribution in [2.24, 2.45) is 0 Å². The van der Waals surface area contributed by atoms with Gasteiger partial charge in [0.05, 0.1) is 5.60 Å². The van der Waals surface area contributed by atoms with Crippen LogP contribution in [0.4, 0.5) is 0 Å². The maximum atomic E-state index is 11.7. The van der Waals surface area contributed by atoms with E-state index in [0.29, 0.717) is 18.0 Å². The molecule has 1 aromatic heterocycles. The molecule has 0 fully saturated rings.